The van der Waals surface area contributed by atoms with E-state index in [0.717, 1.165) is 11.1 Å². The average Bonchev–Trinajstić information content (AvgIpc) is 2.41. The first-order chi connectivity index (χ1) is 10.3. The Morgan fingerprint density at radius 2 is 2.18 bits per heavy atom. The van der Waals surface area contributed by atoms with Crippen LogP contribution in [0.2, 0.25) is 5.02 Å². The quantitative estimate of drug-likeness (QED) is 0.418. The van der Waals surface area contributed by atoms with Crippen LogP contribution in [-0.4, -0.2) is 23.0 Å². The first kappa shape index (κ1) is 18.2. The number of aryl methyl sites for hydroxylation is 1. The van der Waals surface area contributed by atoms with Gasteiger partial charge in [-0.15, -0.1) is 0 Å². The van der Waals surface area contributed by atoms with Crippen molar-refractivity contribution in [3.63, 3.8) is 0 Å². The minimum absolute atomic E-state index is 0.0682. The molecule has 1 unspecified atom stereocenters. The first-order valence-corrected chi connectivity index (χ1v) is 7.43. The predicted octanol–water partition coefficient (Wildman–Crippen LogP) is 2.45. The molecule has 120 valence electrons. The third-order valence-electron chi connectivity index (χ3n) is 2.92. The molecule has 0 aliphatic heterocycles. The lowest BCUT2D eigenvalue weighted by Crippen LogP contribution is -2.26. The second-order valence-corrected chi connectivity index (χ2v) is 5.66. The van der Waals surface area contributed by atoms with Crippen molar-refractivity contribution in [2.45, 2.75) is 32.8 Å². The average molecular weight is 343 g/mol. The zero-order valence-corrected chi connectivity index (χ0v) is 14.0. The number of primary amides is 1. The van der Waals surface area contributed by atoms with E-state index in [-0.39, 0.29) is 11.2 Å². The van der Waals surface area contributed by atoms with E-state index < -0.39 is 6.09 Å². The number of benzene rings is 1. The van der Waals surface area contributed by atoms with Gasteiger partial charge in [0.2, 0.25) is 0 Å². The molecule has 8 heteroatoms. The molecule has 5 N–H and O–H groups in total. The summed E-state index contributed by atoms with van der Waals surface area (Å²) >= 11 is 10.8. The lowest BCUT2D eigenvalue weighted by Gasteiger charge is -2.14. The van der Waals surface area contributed by atoms with Gasteiger partial charge in [0, 0.05) is 10.6 Å². The van der Waals surface area contributed by atoms with Crippen molar-refractivity contribution in [3.8, 4) is 0 Å². The van der Waals surface area contributed by atoms with E-state index in [1.54, 1.807) is 13.0 Å². The second-order valence-electron chi connectivity index (χ2n) is 4.78. The number of carbonyl (C=O) groups is 1. The molecule has 0 aliphatic carbocycles. The molecule has 0 fully saturated rings. The van der Waals surface area contributed by atoms with Crippen LogP contribution in [0.4, 0.5) is 4.79 Å². The van der Waals surface area contributed by atoms with Crippen LogP contribution in [-0.2, 0) is 4.74 Å². The smallest absolute Gasteiger partial charge is 0.404 e. The minimum atomic E-state index is -0.800. The van der Waals surface area contributed by atoms with E-state index in [1.807, 2.05) is 19.1 Å². The molecule has 0 aliphatic rings. The van der Waals surface area contributed by atoms with Gasteiger partial charge < -0.3 is 16.2 Å². The maximum absolute atomic E-state index is 10.7. The number of carbonyl (C=O) groups excluding carboxylic acids is 1. The summed E-state index contributed by atoms with van der Waals surface area (Å²) in [5, 5.41) is 4.89. The lowest BCUT2D eigenvalue weighted by molar-refractivity contribution is 0.112. The van der Waals surface area contributed by atoms with Gasteiger partial charge in [0.05, 0.1) is 5.71 Å². The Balaban J connectivity index is 2.94. The van der Waals surface area contributed by atoms with E-state index in [4.69, 9.17) is 40.0 Å². The fourth-order valence-electron chi connectivity index (χ4n) is 1.88. The predicted molar refractivity (Wildman–Crippen MR) is 92.0 cm³/mol. The Bertz CT molecular complexity index is 592. The molecule has 1 atom stereocenters. The highest BCUT2D eigenvalue weighted by atomic mass is 35.5. The van der Waals surface area contributed by atoms with Crippen LogP contribution in [0.3, 0.4) is 0 Å². The highest BCUT2D eigenvalue weighted by Gasteiger charge is 2.12. The van der Waals surface area contributed by atoms with E-state index in [2.05, 4.69) is 10.5 Å². The number of nitrogens with two attached hydrogens (primary N) is 2. The van der Waals surface area contributed by atoms with Gasteiger partial charge >= 0.3 is 6.09 Å². The zero-order chi connectivity index (χ0) is 16.7. The van der Waals surface area contributed by atoms with Gasteiger partial charge in [0.1, 0.15) is 6.10 Å². The van der Waals surface area contributed by atoms with Crippen molar-refractivity contribution < 1.29 is 9.53 Å². The molecule has 0 bridgehead atoms. The van der Waals surface area contributed by atoms with Crippen LogP contribution >= 0.6 is 23.8 Å². The Kier molecular flexibility index (Phi) is 7.07. The summed E-state index contributed by atoms with van der Waals surface area (Å²) in [6, 6.07) is 5.52. The molecule has 0 heterocycles. The molecule has 0 spiro atoms. The number of thiocarbonyl (C=S) groups is 1. The highest BCUT2D eigenvalue weighted by Crippen LogP contribution is 2.19. The standard InChI is InChI=1S/C14H19ClN4O2S/c1-8-3-5-10(15)7-11(8)12(18-19-13(16)22)6-4-9(2)21-14(17)20/h3,5,7,9H,4,6H2,1-2H3,(H2,17,20)(H3,16,19,22). The largest absolute Gasteiger partial charge is 0.447 e. The Hall–Kier alpha value is -1.86. The van der Waals surface area contributed by atoms with Crippen LogP contribution in [0.5, 0.6) is 0 Å². The lowest BCUT2D eigenvalue weighted by atomic mass is 9.99. The van der Waals surface area contributed by atoms with Crippen molar-refractivity contribution in [3.05, 3.63) is 34.3 Å². The topological polar surface area (TPSA) is 103 Å². The summed E-state index contributed by atoms with van der Waals surface area (Å²) in [6.45, 7) is 3.71. The summed E-state index contributed by atoms with van der Waals surface area (Å²) in [6.07, 6.45) is -0.0453. The SMILES string of the molecule is Cc1ccc(Cl)cc1C(CCC(C)OC(N)=O)=NNC(N)=S. The van der Waals surface area contributed by atoms with Crippen LogP contribution in [0, 0.1) is 6.92 Å². The molecule has 1 aromatic carbocycles. The van der Waals surface area contributed by atoms with Gasteiger partial charge in [-0.1, -0.05) is 17.7 Å². The fraction of sp³-hybridized carbons (Fsp3) is 0.357. The van der Waals surface area contributed by atoms with Crippen LogP contribution in [0.25, 0.3) is 0 Å². The van der Waals surface area contributed by atoms with Gasteiger partial charge in [0.25, 0.3) is 0 Å². The number of nitrogens with one attached hydrogen (secondary N) is 1. The molecule has 0 saturated heterocycles. The zero-order valence-electron chi connectivity index (χ0n) is 12.4. The first-order valence-electron chi connectivity index (χ1n) is 6.64. The fourth-order valence-corrected chi connectivity index (χ4v) is 2.09. The third-order valence-corrected chi connectivity index (χ3v) is 3.24. The minimum Gasteiger partial charge on any atom is -0.447 e. The number of ether oxygens (including phenoxy) is 1. The number of nitrogens with zero attached hydrogens (tertiary/aromatic N) is 1. The molecule has 0 aromatic heterocycles. The van der Waals surface area contributed by atoms with Crippen molar-refractivity contribution in [1.82, 2.24) is 5.43 Å². The van der Waals surface area contributed by atoms with Gasteiger partial charge in [-0.3, -0.25) is 5.43 Å². The summed E-state index contributed by atoms with van der Waals surface area (Å²) < 4.78 is 4.90. The molecule has 6 nitrogen and oxygen atoms in total. The van der Waals surface area contributed by atoms with Gasteiger partial charge in [-0.25, -0.2) is 4.79 Å². The molecule has 1 aromatic rings. The molecule has 0 radical (unpaired) electrons. The van der Waals surface area contributed by atoms with Crippen molar-refractivity contribution in [1.29, 1.82) is 0 Å². The third kappa shape index (κ3) is 6.28. The molecule has 1 amide bonds. The highest BCUT2D eigenvalue weighted by molar-refractivity contribution is 7.80. The van der Waals surface area contributed by atoms with Crippen LogP contribution < -0.4 is 16.9 Å². The van der Waals surface area contributed by atoms with Gasteiger partial charge in [0.15, 0.2) is 5.11 Å². The monoisotopic (exact) mass is 342 g/mol. The second kappa shape index (κ2) is 8.55. The van der Waals surface area contributed by atoms with Crippen LogP contribution in [0.15, 0.2) is 23.3 Å². The maximum Gasteiger partial charge on any atom is 0.404 e. The number of amides is 1. The van der Waals surface area contributed by atoms with Gasteiger partial charge in [-0.2, -0.15) is 5.10 Å². The van der Waals surface area contributed by atoms with Crippen molar-refractivity contribution in [2.75, 3.05) is 0 Å². The maximum atomic E-state index is 10.7. The number of halogens is 1. The van der Waals surface area contributed by atoms with E-state index in [9.17, 15) is 4.79 Å². The summed E-state index contributed by atoms with van der Waals surface area (Å²) in [5.41, 5.74) is 15.6. The van der Waals surface area contributed by atoms with Crippen LogP contribution in [0.1, 0.15) is 30.9 Å². The Labute approximate surface area is 139 Å². The number of hydrazone groups is 1. The van der Waals surface area contributed by atoms with E-state index in [1.165, 1.54) is 0 Å². The molecular formula is C14H19ClN4O2S. The van der Waals surface area contributed by atoms with E-state index in [0.29, 0.717) is 23.6 Å². The summed E-state index contributed by atoms with van der Waals surface area (Å²) in [7, 11) is 0. The Morgan fingerprint density at radius 3 is 2.77 bits per heavy atom. The number of hydrogen-bond donors (Lipinski definition) is 3. The molecular weight excluding hydrogens is 324 g/mol. The molecule has 0 saturated carbocycles. The Morgan fingerprint density at radius 1 is 1.50 bits per heavy atom. The summed E-state index contributed by atoms with van der Waals surface area (Å²) in [4.78, 5) is 10.7. The molecule has 1 rings (SSSR count). The van der Waals surface area contributed by atoms with Gasteiger partial charge in [-0.05, 0) is 56.6 Å². The van der Waals surface area contributed by atoms with Crippen molar-refractivity contribution >= 4 is 40.7 Å². The normalized spacial score (nSPS) is 12.6. The summed E-state index contributed by atoms with van der Waals surface area (Å²) in [5.74, 6) is 0. The van der Waals surface area contributed by atoms with E-state index >= 15 is 0 Å². The molecule has 22 heavy (non-hydrogen) atoms. The number of hydrogen-bond acceptors (Lipinski definition) is 4. The number of rotatable bonds is 6. The van der Waals surface area contributed by atoms with Crippen molar-refractivity contribution in [2.24, 2.45) is 16.6 Å².